The predicted molar refractivity (Wildman–Crippen MR) is 110 cm³/mol. The Morgan fingerprint density at radius 1 is 1.16 bits per heavy atom. The normalized spacial score (nSPS) is 23.9. The molecule has 3 atom stereocenters. The van der Waals surface area contributed by atoms with E-state index in [0.29, 0.717) is 34.5 Å². The molecule has 7 nitrogen and oxygen atoms in total. The number of nitrogens with zero attached hydrogens (tertiary/aromatic N) is 5. The van der Waals surface area contributed by atoms with Crippen LogP contribution in [0.2, 0.25) is 5.15 Å². The predicted octanol–water partition coefficient (Wildman–Crippen LogP) is -0.448. The fraction of sp³-hybridized carbons (Fsp3) is 0.476. The first kappa shape index (κ1) is 21.3. The summed E-state index contributed by atoms with van der Waals surface area (Å²) in [5, 5.41) is 8.64. The average molecular weight is 559 g/mol. The third kappa shape index (κ3) is 4.50. The number of hydrogen-bond donors (Lipinski definition) is 0. The third-order valence-corrected chi connectivity index (χ3v) is 9.86. The quantitative estimate of drug-likeness (QED) is 0.223. The molecule has 3 unspecified atom stereocenters. The number of halogens is 3. The topological polar surface area (TPSA) is 64.7 Å². The molecule has 2 aliphatic rings. The standard InChI is InChI=1S/C21H23ClFIN5O2/c22-18-6-7-20-26-28(21(30)29(20)25-18)9-3-8-27-15-10-16(11-19(27)24-12-15)31-13-14-4-1-2-5-17(14)23/h1-2,4-7,15-16,19H,3,8-13H2/q-1. The molecule has 1 aromatic carbocycles. The van der Waals surface area contributed by atoms with Gasteiger partial charge in [-0.1, -0.05) is 0 Å². The van der Waals surface area contributed by atoms with Gasteiger partial charge in [0.15, 0.2) is 0 Å². The van der Waals surface area contributed by atoms with Gasteiger partial charge in [-0.2, -0.15) is 0 Å². The van der Waals surface area contributed by atoms with E-state index in [1.54, 1.807) is 24.3 Å². The summed E-state index contributed by atoms with van der Waals surface area (Å²) < 4.78 is 24.5. The maximum absolute atomic E-state index is 13.8. The molecule has 2 aromatic heterocycles. The summed E-state index contributed by atoms with van der Waals surface area (Å²) in [7, 11) is 0. The van der Waals surface area contributed by atoms with Gasteiger partial charge in [0, 0.05) is 0 Å². The summed E-state index contributed by atoms with van der Waals surface area (Å²) in [6.07, 6.45) is 3.08. The van der Waals surface area contributed by atoms with Crippen molar-refractivity contribution in [2.24, 2.45) is 0 Å². The maximum atomic E-state index is 13.8. The first-order valence-electron chi connectivity index (χ1n) is 10.4. The molecule has 0 radical (unpaired) electrons. The van der Waals surface area contributed by atoms with Crippen LogP contribution in [0.3, 0.4) is 0 Å². The summed E-state index contributed by atoms with van der Waals surface area (Å²) >= 11 is 6.00. The van der Waals surface area contributed by atoms with E-state index < -0.39 is 0 Å². The van der Waals surface area contributed by atoms with Crippen molar-refractivity contribution in [3.63, 3.8) is 0 Å². The molecule has 0 spiro atoms. The molecule has 166 valence electrons. The van der Waals surface area contributed by atoms with Crippen LogP contribution in [0.1, 0.15) is 24.8 Å². The van der Waals surface area contributed by atoms with Crippen LogP contribution in [0, 0.1) is 5.82 Å². The van der Waals surface area contributed by atoms with Gasteiger partial charge < -0.3 is 0 Å². The van der Waals surface area contributed by atoms with Crippen molar-refractivity contribution in [1.82, 2.24) is 24.3 Å². The number of aromatic nitrogens is 4. The third-order valence-electron chi connectivity index (χ3n) is 5.89. The summed E-state index contributed by atoms with van der Waals surface area (Å²) in [5.41, 5.74) is 0.877. The molecular weight excluding hydrogens is 536 g/mol. The SMILES string of the molecule is O=c1n(CCCN2C3C[I-]C2CC(OCc2ccccc2F)C3)nc2ccc(Cl)nn12. The van der Waals surface area contributed by atoms with E-state index in [4.69, 9.17) is 16.3 Å². The molecule has 0 N–H and O–H groups in total. The number of fused-ring (bicyclic) bond motifs is 3. The summed E-state index contributed by atoms with van der Waals surface area (Å²) in [5.74, 6) is -0.199. The van der Waals surface area contributed by atoms with E-state index >= 15 is 0 Å². The van der Waals surface area contributed by atoms with Gasteiger partial charge in [-0.3, -0.25) is 0 Å². The first-order valence-corrected chi connectivity index (χ1v) is 13.5. The van der Waals surface area contributed by atoms with E-state index in [9.17, 15) is 9.18 Å². The zero-order valence-electron chi connectivity index (χ0n) is 16.8. The van der Waals surface area contributed by atoms with Crippen LogP contribution in [0.4, 0.5) is 4.39 Å². The molecule has 0 amide bonds. The second-order valence-corrected chi connectivity index (χ2v) is 11.5. The van der Waals surface area contributed by atoms with Crippen LogP contribution in [0.5, 0.6) is 0 Å². The fourth-order valence-corrected chi connectivity index (χ4v) is 8.69. The molecule has 2 bridgehead atoms. The number of ether oxygens (including phenoxy) is 1. The number of hydrogen-bond acceptors (Lipinski definition) is 5. The van der Waals surface area contributed by atoms with Crippen molar-refractivity contribution in [3.05, 3.63) is 63.4 Å². The molecule has 4 heterocycles. The number of rotatable bonds is 7. The summed E-state index contributed by atoms with van der Waals surface area (Å²) in [6.45, 7) is 1.84. The van der Waals surface area contributed by atoms with Crippen LogP contribution < -0.4 is 26.9 Å². The Morgan fingerprint density at radius 3 is 2.87 bits per heavy atom. The molecule has 10 heteroatoms. The van der Waals surface area contributed by atoms with Gasteiger partial charge in [0.25, 0.3) is 0 Å². The van der Waals surface area contributed by atoms with Crippen LogP contribution >= 0.6 is 11.6 Å². The van der Waals surface area contributed by atoms with Gasteiger partial charge >= 0.3 is 195 Å². The molecule has 0 aliphatic carbocycles. The Morgan fingerprint density at radius 2 is 2.03 bits per heavy atom. The molecule has 3 aromatic rings. The molecular formula is C21H23ClFIN5O2-. The second kappa shape index (κ2) is 9.13. The van der Waals surface area contributed by atoms with Crippen molar-refractivity contribution < 1.29 is 30.3 Å². The molecule has 2 aliphatic heterocycles. The average Bonchev–Trinajstić information content (AvgIpc) is 3.19. The van der Waals surface area contributed by atoms with Crippen LogP contribution in [-0.4, -0.2) is 51.5 Å². The summed E-state index contributed by atoms with van der Waals surface area (Å²) in [4.78, 5) is 15.1. The Bertz CT molecular complexity index is 1120. The van der Waals surface area contributed by atoms with Gasteiger partial charge in [0.05, 0.1) is 0 Å². The van der Waals surface area contributed by atoms with Crippen LogP contribution in [0.15, 0.2) is 41.2 Å². The Balaban J connectivity index is 1.15. The minimum atomic E-state index is -0.256. The molecule has 0 saturated carbocycles. The van der Waals surface area contributed by atoms with Gasteiger partial charge in [-0.25, -0.2) is 0 Å². The van der Waals surface area contributed by atoms with E-state index in [1.165, 1.54) is 19.7 Å². The zero-order chi connectivity index (χ0) is 21.4. The molecule has 5 rings (SSSR count). The number of piperidine rings is 1. The molecule has 2 saturated heterocycles. The minimum absolute atomic E-state index is 0.117. The molecule has 2 fully saturated rings. The van der Waals surface area contributed by atoms with E-state index in [-0.39, 0.29) is 44.0 Å². The zero-order valence-corrected chi connectivity index (χ0v) is 19.7. The van der Waals surface area contributed by atoms with Gasteiger partial charge in [-0.05, 0) is 0 Å². The van der Waals surface area contributed by atoms with Crippen molar-refractivity contribution >= 4 is 17.2 Å². The summed E-state index contributed by atoms with van der Waals surface area (Å²) in [6, 6.07) is 10.7. The Hall–Kier alpha value is -1.56. The monoisotopic (exact) mass is 558 g/mol. The van der Waals surface area contributed by atoms with E-state index in [2.05, 4.69) is 15.1 Å². The number of aryl methyl sites for hydroxylation is 1. The number of benzene rings is 1. The second-order valence-electron chi connectivity index (χ2n) is 7.92. The van der Waals surface area contributed by atoms with E-state index in [0.717, 1.165) is 25.8 Å². The van der Waals surface area contributed by atoms with Crippen LogP contribution in [0.25, 0.3) is 5.65 Å². The van der Waals surface area contributed by atoms with Gasteiger partial charge in [0.1, 0.15) is 0 Å². The van der Waals surface area contributed by atoms with E-state index in [1.807, 2.05) is 6.07 Å². The fourth-order valence-electron chi connectivity index (χ4n) is 4.34. The van der Waals surface area contributed by atoms with Crippen molar-refractivity contribution in [1.29, 1.82) is 0 Å². The first-order chi connectivity index (χ1) is 15.1. The Kier molecular flexibility index (Phi) is 6.27. The Labute approximate surface area is 194 Å². The van der Waals surface area contributed by atoms with Crippen molar-refractivity contribution in [2.45, 2.75) is 48.6 Å². The van der Waals surface area contributed by atoms with Gasteiger partial charge in [-0.15, -0.1) is 0 Å². The van der Waals surface area contributed by atoms with Crippen LogP contribution in [-0.2, 0) is 17.9 Å². The van der Waals surface area contributed by atoms with Crippen molar-refractivity contribution in [2.75, 3.05) is 11.0 Å². The van der Waals surface area contributed by atoms with Crippen molar-refractivity contribution in [3.8, 4) is 0 Å². The van der Waals surface area contributed by atoms with Gasteiger partial charge in [0.2, 0.25) is 0 Å². The number of alkyl halides is 2. The molecule has 31 heavy (non-hydrogen) atoms.